The number of carbonyl (C=O) groups excluding carboxylic acids is 1. The number of pyridine rings is 1. The molecule has 2 heterocycles. The van der Waals surface area contributed by atoms with E-state index >= 15 is 0 Å². The fraction of sp³-hybridized carbons (Fsp3) is 0.474. The maximum absolute atomic E-state index is 13.4. The summed E-state index contributed by atoms with van der Waals surface area (Å²) < 4.78 is 64.5. The van der Waals surface area contributed by atoms with Crippen LogP contribution in [0.15, 0.2) is 30.5 Å². The Hall–Kier alpha value is -2.40. The molecule has 1 fully saturated rings. The molecule has 2 atom stereocenters. The molecule has 30 heavy (non-hydrogen) atoms. The zero-order valence-electron chi connectivity index (χ0n) is 16.5. The Kier molecular flexibility index (Phi) is 6.23. The van der Waals surface area contributed by atoms with Gasteiger partial charge in [-0.25, -0.2) is 13.1 Å². The van der Waals surface area contributed by atoms with Crippen LogP contribution in [0.3, 0.4) is 0 Å². The maximum Gasteiger partial charge on any atom is 0.418 e. The summed E-state index contributed by atoms with van der Waals surface area (Å²) in [5.41, 5.74) is -0.284. The van der Waals surface area contributed by atoms with E-state index in [0.717, 1.165) is 12.3 Å². The third-order valence-electron chi connectivity index (χ3n) is 4.91. The summed E-state index contributed by atoms with van der Waals surface area (Å²) in [5, 5.41) is 3.20. The van der Waals surface area contributed by atoms with Crippen LogP contribution in [0.4, 0.5) is 18.9 Å². The van der Waals surface area contributed by atoms with Crippen molar-refractivity contribution < 1.29 is 26.4 Å². The largest absolute Gasteiger partial charge is 0.418 e. The van der Waals surface area contributed by atoms with Crippen molar-refractivity contribution in [2.24, 2.45) is 5.92 Å². The van der Waals surface area contributed by atoms with Gasteiger partial charge in [0.2, 0.25) is 15.9 Å². The number of carbonyl (C=O) groups is 1. The second-order valence-corrected chi connectivity index (χ2v) is 9.47. The van der Waals surface area contributed by atoms with Crippen LogP contribution in [0, 0.1) is 5.92 Å². The van der Waals surface area contributed by atoms with Crippen LogP contribution in [0.25, 0.3) is 10.9 Å². The number of hydrogen-bond acceptors (Lipinski definition) is 5. The van der Waals surface area contributed by atoms with Crippen LogP contribution in [0.5, 0.6) is 0 Å². The minimum Gasteiger partial charge on any atom is -0.369 e. The molecule has 0 bridgehead atoms. The first-order valence-corrected chi connectivity index (χ1v) is 11.3. The smallest absolute Gasteiger partial charge is 0.369 e. The molecule has 1 aliphatic rings. The molecule has 2 aromatic rings. The molecule has 1 saturated heterocycles. The summed E-state index contributed by atoms with van der Waals surface area (Å²) in [6.45, 7) is 2.63. The van der Waals surface area contributed by atoms with Gasteiger partial charge in [0, 0.05) is 36.4 Å². The van der Waals surface area contributed by atoms with Gasteiger partial charge in [-0.2, -0.15) is 13.2 Å². The lowest BCUT2D eigenvalue weighted by molar-refractivity contribution is -0.136. The van der Waals surface area contributed by atoms with Gasteiger partial charge >= 0.3 is 6.18 Å². The van der Waals surface area contributed by atoms with Gasteiger partial charge in [0.25, 0.3) is 0 Å². The van der Waals surface area contributed by atoms with Gasteiger partial charge in [-0.05, 0) is 36.6 Å². The summed E-state index contributed by atoms with van der Waals surface area (Å²) >= 11 is 0. The van der Waals surface area contributed by atoms with Gasteiger partial charge in [-0.1, -0.05) is 6.92 Å². The molecular formula is C19H23F3N4O3S. The van der Waals surface area contributed by atoms with Crippen molar-refractivity contribution in [1.29, 1.82) is 0 Å². The molecule has 3 rings (SSSR count). The number of nitrogens with zero attached hydrogens (tertiary/aromatic N) is 2. The number of nitrogens with one attached hydrogen (secondary N) is 2. The molecule has 0 unspecified atom stereocenters. The Labute approximate surface area is 172 Å². The minimum atomic E-state index is -4.51. The van der Waals surface area contributed by atoms with E-state index in [4.69, 9.17) is 0 Å². The minimum absolute atomic E-state index is 0.112. The number of alkyl halides is 3. The molecule has 11 heteroatoms. The number of hydrogen-bond donors (Lipinski definition) is 2. The highest BCUT2D eigenvalue weighted by Crippen LogP contribution is 2.38. The van der Waals surface area contributed by atoms with Crippen LogP contribution in [0.2, 0.25) is 0 Å². The first-order valence-electron chi connectivity index (χ1n) is 9.38. The number of piperidine rings is 1. The fourth-order valence-electron chi connectivity index (χ4n) is 3.79. The number of fused-ring (bicyclic) bond motifs is 1. The predicted octanol–water partition coefficient (Wildman–Crippen LogP) is 2.13. The summed E-state index contributed by atoms with van der Waals surface area (Å²) in [4.78, 5) is 18.0. The van der Waals surface area contributed by atoms with E-state index < -0.39 is 27.7 Å². The Bertz CT molecular complexity index is 1040. The van der Waals surface area contributed by atoms with Crippen molar-refractivity contribution in [3.63, 3.8) is 0 Å². The van der Waals surface area contributed by atoms with Gasteiger partial charge < -0.3 is 10.2 Å². The van der Waals surface area contributed by atoms with Gasteiger partial charge in [-0.3, -0.25) is 9.78 Å². The summed E-state index contributed by atoms with van der Waals surface area (Å²) in [6, 6.07) is 5.41. The number of sulfonamides is 1. The lowest BCUT2D eigenvalue weighted by atomic mass is 9.94. The Morgan fingerprint density at radius 1 is 1.27 bits per heavy atom. The standard InChI is InChI=1S/C19H23F3N4O3S/c1-12-8-13(25-17(27)9-24-30(2,28)29)11-26(10-12)16-6-5-15(19(20,21)22)18-14(16)4-3-7-23-18/h3-7,12-13,24H,8-11H2,1-2H3,(H,25,27)/t12-,13+/m0/s1. The summed E-state index contributed by atoms with van der Waals surface area (Å²) in [6.07, 6.45) is -1.53. The van der Waals surface area contributed by atoms with E-state index in [-0.39, 0.29) is 24.0 Å². The highest BCUT2D eigenvalue weighted by molar-refractivity contribution is 7.88. The van der Waals surface area contributed by atoms with Crippen molar-refractivity contribution in [2.45, 2.75) is 25.6 Å². The molecule has 1 aromatic heterocycles. The highest BCUT2D eigenvalue weighted by Gasteiger charge is 2.35. The zero-order valence-corrected chi connectivity index (χ0v) is 17.3. The lowest BCUT2D eigenvalue weighted by Crippen LogP contribution is -2.52. The Morgan fingerprint density at radius 3 is 2.67 bits per heavy atom. The molecule has 7 nitrogen and oxygen atoms in total. The van der Waals surface area contributed by atoms with E-state index in [0.29, 0.717) is 30.6 Å². The summed E-state index contributed by atoms with van der Waals surface area (Å²) in [7, 11) is -3.49. The SMILES string of the molecule is C[C@H]1C[C@@H](NC(=O)CNS(C)(=O)=O)CN(c2ccc(C(F)(F)F)c3ncccc23)C1. The fourth-order valence-corrected chi connectivity index (χ4v) is 4.18. The van der Waals surface area contributed by atoms with Crippen LogP contribution in [-0.2, 0) is 21.0 Å². The van der Waals surface area contributed by atoms with Crippen molar-refractivity contribution >= 4 is 32.5 Å². The van der Waals surface area contributed by atoms with E-state index in [1.165, 1.54) is 12.3 Å². The van der Waals surface area contributed by atoms with E-state index in [9.17, 15) is 26.4 Å². The first-order chi connectivity index (χ1) is 13.9. The average Bonchev–Trinajstić information content (AvgIpc) is 2.63. The van der Waals surface area contributed by atoms with Crippen LogP contribution in [0.1, 0.15) is 18.9 Å². The first kappa shape index (κ1) is 22.3. The van der Waals surface area contributed by atoms with Gasteiger partial charge in [0.1, 0.15) is 0 Å². The van der Waals surface area contributed by atoms with Gasteiger partial charge in [0.15, 0.2) is 0 Å². The monoisotopic (exact) mass is 444 g/mol. The third-order valence-corrected chi connectivity index (χ3v) is 5.58. The van der Waals surface area contributed by atoms with Crippen LogP contribution >= 0.6 is 0 Å². The molecule has 0 saturated carbocycles. The second kappa shape index (κ2) is 8.38. The van der Waals surface area contributed by atoms with E-state index in [1.54, 1.807) is 12.1 Å². The predicted molar refractivity (Wildman–Crippen MR) is 108 cm³/mol. The van der Waals surface area contributed by atoms with Crippen molar-refractivity contribution in [3.05, 3.63) is 36.0 Å². The Balaban J connectivity index is 1.84. The molecule has 1 aromatic carbocycles. The number of rotatable bonds is 5. The Morgan fingerprint density at radius 2 is 2.00 bits per heavy atom. The second-order valence-electron chi connectivity index (χ2n) is 7.63. The van der Waals surface area contributed by atoms with Crippen molar-refractivity contribution in [3.8, 4) is 0 Å². The number of amides is 1. The number of aromatic nitrogens is 1. The molecule has 164 valence electrons. The number of halogens is 3. The van der Waals surface area contributed by atoms with Gasteiger partial charge in [0.05, 0.1) is 23.9 Å². The van der Waals surface area contributed by atoms with E-state index in [2.05, 4.69) is 15.0 Å². The molecular weight excluding hydrogens is 421 g/mol. The highest BCUT2D eigenvalue weighted by atomic mass is 32.2. The summed E-state index contributed by atoms with van der Waals surface area (Å²) in [5.74, 6) is -0.292. The number of anilines is 1. The average molecular weight is 444 g/mol. The molecule has 2 N–H and O–H groups in total. The lowest BCUT2D eigenvalue weighted by Gasteiger charge is -2.39. The van der Waals surface area contributed by atoms with Gasteiger partial charge in [-0.15, -0.1) is 0 Å². The van der Waals surface area contributed by atoms with Crippen LogP contribution < -0.4 is 14.9 Å². The molecule has 0 spiro atoms. The normalized spacial score (nSPS) is 20.4. The molecule has 1 amide bonds. The molecule has 1 aliphatic heterocycles. The van der Waals surface area contributed by atoms with Crippen LogP contribution in [-0.4, -0.2) is 51.2 Å². The quantitative estimate of drug-likeness (QED) is 0.737. The molecule has 0 radical (unpaired) electrons. The van der Waals surface area contributed by atoms with E-state index in [1.807, 2.05) is 11.8 Å². The zero-order chi connectivity index (χ0) is 22.1. The molecule has 0 aliphatic carbocycles. The number of benzene rings is 1. The third kappa shape index (κ3) is 5.39. The topological polar surface area (TPSA) is 91.4 Å². The van der Waals surface area contributed by atoms with Crippen molar-refractivity contribution in [1.82, 2.24) is 15.0 Å². The van der Waals surface area contributed by atoms with Crippen molar-refractivity contribution in [2.75, 3.05) is 30.8 Å². The maximum atomic E-state index is 13.4.